The van der Waals surface area contributed by atoms with E-state index in [1.54, 1.807) is 55.5 Å². The van der Waals surface area contributed by atoms with Crippen molar-refractivity contribution in [1.82, 2.24) is 15.1 Å². The molecule has 0 aliphatic rings. The number of halogens is 1. The Morgan fingerprint density at radius 1 is 1.15 bits per heavy atom. The Bertz CT molecular complexity index is 1260. The number of anilines is 1. The fraction of sp³-hybridized carbons (Fsp3) is 0.250. The van der Waals surface area contributed by atoms with Crippen molar-refractivity contribution in [3.05, 3.63) is 86.3 Å². The second-order valence-electron chi connectivity index (χ2n) is 7.74. The number of hydrogen-bond acceptors (Lipinski definition) is 5. The molecule has 0 saturated carbocycles. The molecule has 1 aromatic heterocycles. The highest BCUT2D eigenvalue weighted by atomic mass is 35.5. The number of aryl methyl sites for hydroxylation is 2. The summed E-state index contributed by atoms with van der Waals surface area (Å²) in [7, 11) is 0. The van der Waals surface area contributed by atoms with Gasteiger partial charge in [-0.3, -0.25) is 14.9 Å². The third-order valence-electron chi connectivity index (χ3n) is 5.22. The molecule has 2 aromatic carbocycles. The number of aliphatic carboxylic acids is 1. The first kappa shape index (κ1) is 24.8. The summed E-state index contributed by atoms with van der Waals surface area (Å²) in [6.07, 6.45) is -0.0638. The summed E-state index contributed by atoms with van der Waals surface area (Å²) in [5, 5.41) is 29.4. The van der Waals surface area contributed by atoms with E-state index in [0.717, 1.165) is 10.2 Å². The van der Waals surface area contributed by atoms with E-state index >= 15 is 0 Å². The summed E-state index contributed by atoms with van der Waals surface area (Å²) in [5.74, 6) is -1.55. The number of nitrogens with zero attached hydrogens (tertiary/aromatic N) is 2. The molecule has 3 rings (SSSR count). The van der Waals surface area contributed by atoms with Crippen molar-refractivity contribution in [2.45, 2.75) is 39.3 Å². The predicted octanol–water partition coefficient (Wildman–Crippen LogP) is 3.86. The van der Waals surface area contributed by atoms with Crippen molar-refractivity contribution in [2.24, 2.45) is 0 Å². The van der Waals surface area contributed by atoms with Crippen LogP contribution < -0.4 is 16.2 Å². The molecule has 178 valence electrons. The van der Waals surface area contributed by atoms with Gasteiger partial charge in [0.15, 0.2) is 11.4 Å². The van der Waals surface area contributed by atoms with Gasteiger partial charge in [0.2, 0.25) is 0 Å². The van der Waals surface area contributed by atoms with Crippen molar-refractivity contribution >= 4 is 29.3 Å². The minimum Gasteiger partial charge on any atom is -0.504 e. The number of aromatic nitrogens is 2. The Balaban J connectivity index is 1.90. The first-order valence-electron chi connectivity index (χ1n) is 10.6. The van der Waals surface area contributed by atoms with E-state index in [0.29, 0.717) is 22.6 Å². The Hall–Kier alpha value is -3.85. The van der Waals surface area contributed by atoms with Crippen LogP contribution in [0.15, 0.2) is 53.3 Å². The summed E-state index contributed by atoms with van der Waals surface area (Å²) in [5.41, 5.74) is 1.34. The van der Waals surface area contributed by atoms with Gasteiger partial charge in [-0.15, -0.1) is 0 Å². The van der Waals surface area contributed by atoms with Gasteiger partial charge in [0.25, 0.3) is 5.56 Å². The van der Waals surface area contributed by atoms with E-state index < -0.39 is 29.4 Å². The number of carbonyl (C=O) groups is 2. The van der Waals surface area contributed by atoms with Gasteiger partial charge in [-0.05, 0) is 30.5 Å². The van der Waals surface area contributed by atoms with Gasteiger partial charge in [-0.2, -0.15) is 5.10 Å². The van der Waals surface area contributed by atoms with Crippen LogP contribution in [-0.2, 0) is 17.8 Å². The fourth-order valence-corrected chi connectivity index (χ4v) is 3.59. The van der Waals surface area contributed by atoms with Gasteiger partial charge in [-0.25, -0.2) is 9.48 Å². The highest BCUT2D eigenvalue weighted by molar-refractivity contribution is 6.31. The number of aromatic hydroxyl groups is 1. The summed E-state index contributed by atoms with van der Waals surface area (Å²) in [4.78, 5) is 37.1. The van der Waals surface area contributed by atoms with Crippen LogP contribution in [0, 0.1) is 6.92 Å². The van der Waals surface area contributed by atoms with E-state index in [1.807, 2.05) is 6.92 Å². The smallest absolute Gasteiger partial charge is 0.319 e. The molecule has 0 fully saturated rings. The molecule has 0 saturated heterocycles. The molecule has 2 amide bonds. The SMILES string of the molecule is CCc1nn(Cc2ccccc2Cl)c(=O)c(NC(=O)N[C@@H](CC(=O)O)c2ccc(C)cc2)c1O. The second-order valence-corrected chi connectivity index (χ2v) is 8.14. The minimum absolute atomic E-state index is 0.0348. The molecule has 0 aliphatic heterocycles. The van der Waals surface area contributed by atoms with Crippen LogP contribution in [0.1, 0.15) is 41.8 Å². The van der Waals surface area contributed by atoms with Crippen LogP contribution in [0.3, 0.4) is 0 Å². The summed E-state index contributed by atoms with van der Waals surface area (Å²) >= 11 is 6.20. The molecule has 1 heterocycles. The lowest BCUT2D eigenvalue weighted by Gasteiger charge is -2.19. The van der Waals surface area contributed by atoms with E-state index in [1.165, 1.54) is 0 Å². The standard InChI is InChI=1S/C24H25ClN4O5/c1-3-18-22(32)21(23(33)29(28-18)13-16-6-4-5-7-17(16)25)27-24(34)26-19(12-20(30)31)15-10-8-14(2)9-11-15/h4-11,19,32H,3,12-13H2,1-2H3,(H,30,31)(H2,26,27,34)/t19-/m0/s1. The van der Waals surface area contributed by atoms with Crippen LogP contribution in [0.5, 0.6) is 5.75 Å². The molecule has 0 unspecified atom stereocenters. The molecule has 34 heavy (non-hydrogen) atoms. The lowest BCUT2D eigenvalue weighted by Crippen LogP contribution is -2.37. The van der Waals surface area contributed by atoms with Gasteiger partial charge in [0.1, 0.15) is 5.69 Å². The molecule has 0 radical (unpaired) electrons. The zero-order valence-electron chi connectivity index (χ0n) is 18.7. The fourth-order valence-electron chi connectivity index (χ4n) is 3.39. The maximum atomic E-state index is 13.0. The Labute approximate surface area is 201 Å². The number of carboxylic acids is 1. The zero-order chi connectivity index (χ0) is 24.8. The quantitative estimate of drug-likeness (QED) is 0.383. The highest BCUT2D eigenvalue weighted by Gasteiger charge is 2.22. The topological polar surface area (TPSA) is 134 Å². The highest BCUT2D eigenvalue weighted by Crippen LogP contribution is 2.24. The molecular formula is C24H25ClN4O5. The largest absolute Gasteiger partial charge is 0.504 e. The van der Waals surface area contributed by atoms with Crippen molar-refractivity contribution in [3.63, 3.8) is 0 Å². The molecule has 0 spiro atoms. The number of hydrogen-bond donors (Lipinski definition) is 4. The van der Waals surface area contributed by atoms with Gasteiger partial charge < -0.3 is 15.5 Å². The van der Waals surface area contributed by atoms with Crippen molar-refractivity contribution in [3.8, 4) is 5.75 Å². The number of benzene rings is 2. The van der Waals surface area contributed by atoms with Gasteiger partial charge >= 0.3 is 12.0 Å². The molecule has 0 bridgehead atoms. The van der Waals surface area contributed by atoms with Gasteiger partial charge in [0, 0.05) is 5.02 Å². The van der Waals surface area contributed by atoms with Crippen molar-refractivity contribution < 1.29 is 19.8 Å². The average molecular weight is 485 g/mol. The van der Waals surface area contributed by atoms with Crippen LogP contribution >= 0.6 is 11.6 Å². The first-order valence-corrected chi connectivity index (χ1v) is 11.0. The number of carboxylic acid groups (broad SMARTS) is 1. The van der Waals surface area contributed by atoms with Crippen molar-refractivity contribution in [2.75, 3.05) is 5.32 Å². The zero-order valence-corrected chi connectivity index (χ0v) is 19.5. The lowest BCUT2D eigenvalue weighted by atomic mass is 10.0. The third kappa shape index (κ3) is 5.93. The van der Waals surface area contributed by atoms with E-state index in [9.17, 15) is 24.6 Å². The maximum absolute atomic E-state index is 13.0. The Kier molecular flexibility index (Phi) is 7.91. The summed E-state index contributed by atoms with van der Waals surface area (Å²) < 4.78 is 1.12. The maximum Gasteiger partial charge on any atom is 0.319 e. The van der Waals surface area contributed by atoms with E-state index in [4.69, 9.17) is 11.6 Å². The van der Waals surface area contributed by atoms with Gasteiger partial charge in [-0.1, -0.05) is 66.6 Å². The van der Waals surface area contributed by atoms with Crippen LogP contribution in [-0.4, -0.2) is 32.0 Å². The predicted molar refractivity (Wildman–Crippen MR) is 128 cm³/mol. The molecule has 4 N–H and O–H groups in total. The van der Waals surface area contributed by atoms with Crippen molar-refractivity contribution in [1.29, 1.82) is 0 Å². The lowest BCUT2D eigenvalue weighted by molar-refractivity contribution is -0.137. The molecule has 10 heteroatoms. The number of urea groups is 1. The Morgan fingerprint density at radius 3 is 2.44 bits per heavy atom. The van der Waals surface area contributed by atoms with Crippen LogP contribution in [0.25, 0.3) is 0 Å². The number of nitrogens with one attached hydrogen (secondary N) is 2. The first-order chi connectivity index (χ1) is 16.2. The summed E-state index contributed by atoms with van der Waals surface area (Å²) in [6.45, 7) is 3.67. The molecule has 0 aliphatic carbocycles. The monoisotopic (exact) mass is 484 g/mol. The van der Waals surface area contributed by atoms with E-state index in [-0.39, 0.29) is 24.3 Å². The molecular weight excluding hydrogens is 460 g/mol. The third-order valence-corrected chi connectivity index (χ3v) is 5.58. The number of amides is 2. The second kappa shape index (κ2) is 10.8. The normalized spacial score (nSPS) is 11.6. The number of rotatable bonds is 8. The molecule has 1 atom stereocenters. The Morgan fingerprint density at radius 2 is 1.82 bits per heavy atom. The van der Waals surface area contributed by atoms with E-state index in [2.05, 4.69) is 15.7 Å². The minimum atomic E-state index is -1.10. The molecule has 9 nitrogen and oxygen atoms in total. The average Bonchev–Trinajstić information content (AvgIpc) is 2.79. The van der Waals surface area contributed by atoms with Gasteiger partial charge in [0.05, 0.1) is 19.0 Å². The summed E-state index contributed by atoms with van der Waals surface area (Å²) in [6, 6.07) is 12.3. The number of carbonyl (C=O) groups excluding carboxylic acids is 1. The van der Waals surface area contributed by atoms with Crippen LogP contribution in [0.2, 0.25) is 5.02 Å². The van der Waals surface area contributed by atoms with Crippen LogP contribution in [0.4, 0.5) is 10.5 Å². The molecule has 3 aromatic rings.